The van der Waals surface area contributed by atoms with Crippen molar-refractivity contribution in [3.63, 3.8) is 0 Å². The molecule has 0 radical (unpaired) electrons. The van der Waals surface area contributed by atoms with Gasteiger partial charge in [0, 0.05) is 19.3 Å². The van der Waals surface area contributed by atoms with Gasteiger partial charge in [0.05, 0.1) is 11.5 Å². The van der Waals surface area contributed by atoms with Gasteiger partial charge in [-0.1, -0.05) is 17.3 Å². The average molecular weight is 233 g/mol. The summed E-state index contributed by atoms with van der Waals surface area (Å²) < 4.78 is 1.58. The standard InChI is InChI=1S/C10H11N5O2/c1-14-7-8(12-13-14)6-11-9-4-2-3-5-10(9)15(16)17/h2-5,7,11H,6H2,1H3. The van der Waals surface area contributed by atoms with E-state index >= 15 is 0 Å². The van der Waals surface area contributed by atoms with E-state index in [-0.39, 0.29) is 5.69 Å². The van der Waals surface area contributed by atoms with E-state index in [9.17, 15) is 10.1 Å². The van der Waals surface area contributed by atoms with Gasteiger partial charge in [-0.2, -0.15) is 0 Å². The van der Waals surface area contributed by atoms with Gasteiger partial charge < -0.3 is 5.32 Å². The van der Waals surface area contributed by atoms with Crippen molar-refractivity contribution < 1.29 is 4.92 Å². The number of para-hydroxylation sites is 2. The number of hydrogen-bond acceptors (Lipinski definition) is 5. The molecule has 7 nitrogen and oxygen atoms in total. The molecule has 17 heavy (non-hydrogen) atoms. The van der Waals surface area contributed by atoms with Crippen molar-refractivity contribution in [2.24, 2.45) is 7.05 Å². The van der Waals surface area contributed by atoms with Gasteiger partial charge in [0.15, 0.2) is 0 Å². The Morgan fingerprint density at radius 1 is 1.47 bits per heavy atom. The molecule has 0 spiro atoms. The first-order chi connectivity index (χ1) is 8.16. The molecule has 7 heteroatoms. The predicted octanol–water partition coefficient (Wildman–Crippen LogP) is 1.34. The molecule has 1 aromatic carbocycles. The van der Waals surface area contributed by atoms with Crippen LogP contribution in [0.2, 0.25) is 0 Å². The zero-order valence-electron chi connectivity index (χ0n) is 9.20. The molecule has 0 fully saturated rings. The van der Waals surface area contributed by atoms with Crippen molar-refractivity contribution in [3.05, 3.63) is 46.3 Å². The largest absolute Gasteiger partial charge is 0.374 e. The van der Waals surface area contributed by atoms with Crippen LogP contribution < -0.4 is 5.32 Å². The van der Waals surface area contributed by atoms with E-state index in [0.29, 0.717) is 12.2 Å². The summed E-state index contributed by atoms with van der Waals surface area (Å²) in [4.78, 5) is 10.4. The molecular formula is C10H11N5O2. The summed E-state index contributed by atoms with van der Waals surface area (Å²) in [5.41, 5.74) is 1.25. The molecule has 0 saturated heterocycles. The fourth-order valence-corrected chi connectivity index (χ4v) is 1.44. The van der Waals surface area contributed by atoms with Crippen molar-refractivity contribution in [3.8, 4) is 0 Å². The average Bonchev–Trinajstić information content (AvgIpc) is 2.73. The van der Waals surface area contributed by atoms with Crippen molar-refractivity contribution in [1.82, 2.24) is 15.0 Å². The van der Waals surface area contributed by atoms with Crippen molar-refractivity contribution in [2.75, 3.05) is 5.32 Å². The molecule has 2 aromatic rings. The first kappa shape index (κ1) is 11.1. The minimum absolute atomic E-state index is 0.0522. The summed E-state index contributed by atoms with van der Waals surface area (Å²) in [7, 11) is 1.77. The Balaban J connectivity index is 2.11. The topological polar surface area (TPSA) is 85.9 Å². The number of aromatic nitrogens is 3. The van der Waals surface area contributed by atoms with E-state index in [1.807, 2.05) is 0 Å². The van der Waals surface area contributed by atoms with Crippen molar-refractivity contribution in [2.45, 2.75) is 6.54 Å². The number of nitro benzene ring substituents is 1. The second kappa shape index (κ2) is 4.60. The Kier molecular flexibility index (Phi) is 2.99. The van der Waals surface area contributed by atoms with Crippen LogP contribution in [0.3, 0.4) is 0 Å². The molecule has 0 bridgehead atoms. The number of aryl methyl sites for hydroxylation is 1. The fourth-order valence-electron chi connectivity index (χ4n) is 1.44. The van der Waals surface area contributed by atoms with Crippen LogP contribution in [-0.2, 0) is 13.6 Å². The zero-order chi connectivity index (χ0) is 12.3. The zero-order valence-corrected chi connectivity index (χ0v) is 9.20. The number of nitro groups is 1. The maximum absolute atomic E-state index is 10.8. The first-order valence-electron chi connectivity index (χ1n) is 4.99. The third-order valence-electron chi connectivity index (χ3n) is 2.21. The lowest BCUT2D eigenvalue weighted by molar-refractivity contribution is -0.384. The smallest absolute Gasteiger partial charge is 0.292 e. The summed E-state index contributed by atoms with van der Waals surface area (Å²) in [5, 5.41) is 21.4. The Bertz CT molecular complexity index is 537. The molecule has 1 N–H and O–H groups in total. The summed E-state index contributed by atoms with van der Waals surface area (Å²) in [6, 6.07) is 6.49. The molecular weight excluding hydrogens is 222 g/mol. The molecule has 0 aliphatic heterocycles. The Morgan fingerprint density at radius 2 is 2.24 bits per heavy atom. The lowest BCUT2D eigenvalue weighted by Crippen LogP contribution is -2.02. The van der Waals surface area contributed by atoms with Gasteiger partial charge in [-0.15, -0.1) is 5.10 Å². The molecule has 0 saturated carbocycles. The Morgan fingerprint density at radius 3 is 2.88 bits per heavy atom. The summed E-state index contributed by atoms with van der Waals surface area (Å²) in [6.07, 6.45) is 1.75. The highest BCUT2D eigenvalue weighted by molar-refractivity contribution is 5.61. The van der Waals surface area contributed by atoms with Crippen LogP contribution in [0.25, 0.3) is 0 Å². The van der Waals surface area contributed by atoms with Gasteiger partial charge in [0.2, 0.25) is 0 Å². The number of benzene rings is 1. The highest BCUT2D eigenvalue weighted by Crippen LogP contribution is 2.23. The van der Waals surface area contributed by atoms with Gasteiger partial charge in [0.1, 0.15) is 11.4 Å². The third-order valence-corrected chi connectivity index (χ3v) is 2.21. The Labute approximate surface area is 97.2 Å². The van der Waals surface area contributed by atoms with E-state index in [0.717, 1.165) is 5.69 Å². The maximum atomic E-state index is 10.8. The van der Waals surface area contributed by atoms with Crippen LogP contribution in [0.1, 0.15) is 5.69 Å². The van der Waals surface area contributed by atoms with E-state index in [2.05, 4.69) is 15.6 Å². The number of nitrogens with one attached hydrogen (secondary N) is 1. The summed E-state index contributed by atoms with van der Waals surface area (Å²) >= 11 is 0. The number of rotatable bonds is 4. The second-order valence-electron chi connectivity index (χ2n) is 3.51. The van der Waals surface area contributed by atoms with Crippen LogP contribution in [-0.4, -0.2) is 19.9 Å². The number of nitrogens with zero attached hydrogens (tertiary/aromatic N) is 4. The van der Waals surface area contributed by atoms with Gasteiger partial charge >= 0.3 is 0 Å². The monoisotopic (exact) mass is 233 g/mol. The predicted molar refractivity (Wildman–Crippen MR) is 61.4 cm³/mol. The lowest BCUT2D eigenvalue weighted by Gasteiger charge is -2.04. The summed E-state index contributed by atoms with van der Waals surface area (Å²) in [6.45, 7) is 0.401. The van der Waals surface area contributed by atoms with Crippen LogP contribution in [0.15, 0.2) is 30.5 Å². The quantitative estimate of drug-likeness (QED) is 0.636. The van der Waals surface area contributed by atoms with Crippen LogP contribution in [0.4, 0.5) is 11.4 Å². The van der Waals surface area contributed by atoms with Crippen LogP contribution in [0.5, 0.6) is 0 Å². The van der Waals surface area contributed by atoms with Crippen LogP contribution >= 0.6 is 0 Å². The molecule has 1 heterocycles. The minimum Gasteiger partial charge on any atom is -0.374 e. The maximum Gasteiger partial charge on any atom is 0.292 e. The molecule has 0 aliphatic carbocycles. The third kappa shape index (κ3) is 2.57. The molecule has 0 atom stereocenters. The molecule has 2 rings (SSSR count). The van der Waals surface area contributed by atoms with E-state index in [1.165, 1.54) is 6.07 Å². The second-order valence-corrected chi connectivity index (χ2v) is 3.51. The van der Waals surface area contributed by atoms with Gasteiger partial charge in [-0.25, -0.2) is 0 Å². The molecule has 88 valence electrons. The molecule has 0 amide bonds. The SMILES string of the molecule is Cn1cc(CNc2ccccc2[N+](=O)[O-])nn1. The van der Waals surface area contributed by atoms with Crippen molar-refractivity contribution in [1.29, 1.82) is 0 Å². The van der Waals surface area contributed by atoms with E-state index in [4.69, 9.17) is 0 Å². The van der Waals surface area contributed by atoms with Gasteiger partial charge in [-0.3, -0.25) is 14.8 Å². The van der Waals surface area contributed by atoms with Crippen LogP contribution in [0, 0.1) is 10.1 Å². The van der Waals surface area contributed by atoms with E-state index in [1.54, 1.807) is 36.1 Å². The molecule has 1 aromatic heterocycles. The highest BCUT2D eigenvalue weighted by Gasteiger charge is 2.11. The lowest BCUT2D eigenvalue weighted by atomic mass is 10.2. The highest BCUT2D eigenvalue weighted by atomic mass is 16.6. The van der Waals surface area contributed by atoms with Crippen molar-refractivity contribution >= 4 is 11.4 Å². The molecule has 0 aliphatic rings. The first-order valence-corrected chi connectivity index (χ1v) is 4.99. The summed E-state index contributed by atoms with van der Waals surface area (Å²) in [5.74, 6) is 0. The normalized spacial score (nSPS) is 10.2. The molecule has 0 unspecified atom stereocenters. The van der Waals surface area contributed by atoms with Gasteiger partial charge in [-0.05, 0) is 6.07 Å². The van der Waals surface area contributed by atoms with Gasteiger partial charge in [0.25, 0.3) is 5.69 Å². The number of hydrogen-bond donors (Lipinski definition) is 1. The fraction of sp³-hybridized carbons (Fsp3) is 0.200. The van der Waals surface area contributed by atoms with E-state index < -0.39 is 4.92 Å². The Hall–Kier alpha value is -2.44. The minimum atomic E-state index is -0.418. The number of anilines is 1.